The molecule has 0 aliphatic heterocycles. The minimum atomic E-state index is 0.0178. The van der Waals surface area contributed by atoms with Crippen LogP contribution in [0.5, 0.6) is 0 Å². The summed E-state index contributed by atoms with van der Waals surface area (Å²) in [6.45, 7) is 5.17. The number of hydrogen-bond donors (Lipinski definition) is 1. The molecule has 0 aromatic carbocycles. The summed E-state index contributed by atoms with van der Waals surface area (Å²) < 4.78 is 7.56. The Labute approximate surface area is 97.2 Å². The van der Waals surface area contributed by atoms with Gasteiger partial charge in [-0.3, -0.25) is 0 Å². The van der Waals surface area contributed by atoms with Gasteiger partial charge in [-0.2, -0.15) is 0 Å². The molecule has 1 rings (SSSR count). The van der Waals surface area contributed by atoms with E-state index in [-0.39, 0.29) is 6.04 Å². The van der Waals surface area contributed by atoms with Crippen molar-refractivity contribution in [1.82, 2.24) is 14.5 Å². The van der Waals surface area contributed by atoms with E-state index in [4.69, 9.17) is 10.5 Å². The van der Waals surface area contributed by atoms with Crippen LogP contribution in [-0.4, -0.2) is 48.3 Å². The average Bonchev–Trinajstić information content (AvgIpc) is 2.65. The average molecular weight is 226 g/mol. The summed E-state index contributed by atoms with van der Waals surface area (Å²) in [6, 6.07) is 0.0178. The van der Waals surface area contributed by atoms with Crippen molar-refractivity contribution < 1.29 is 4.74 Å². The molecule has 1 aromatic rings. The fourth-order valence-electron chi connectivity index (χ4n) is 1.41. The SMILES string of the molecule is CC(N)c1cncn1CCOCCN(C)C. The molecule has 2 N–H and O–H groups in total. The van der Waals surface area contributed by atoms with E-state index >= 15 is 0 Å². The van der Waals surface area contributed by atoms with Gasteiger partial charge in [0.2, 0.25) is 0 Å². The number of rotatable bonds is 7. The molecule has 0 saturated heterocycles. The van der Waals surface area contributed by atoms with Crippen molar-refractivity contribution in [1.29, 1.82) is 0 Å². The van der Waals surface area contributed by atoms with Gasteiger partial charge < -0.3 is 19.9 Å². The molecule has 92 valence electrons. The van der Waals surface area contributed by atoms with Crippen LogP contribution in [0.1, 0.15) is 18.7 Å². The predicted molar refractivity (Wildman–Crippen MR) is 64.2 cm³/mol. The monoisotopic (exact) mass is 226 g/mol. The first-order valence-corrected chi connectivity index (χ1v) is 5.59. The van der Waals surface area contributed by atoms with Crippen LogP contribution < -0.4 is 5.73 Å². The number of aromatic nitrogens is 2. The van der Waals surface area contributed by atoms with Gasteiger partial charge in [-0.15, -0.1) is 0 Å². The highest BCUT2D eigenvalue weighted by Crippen LogP contribution is 2.07. The van der Waals surface area contributed by atoms with Gasteiger partial charge in [0.1, 0.15) is 0 Å². The molecule has 0 fully saturated rings. The lowest BCUT2D eigenvalue weighted by atomic mass is 10.3. The van der Waals surface area contributed by atoms with E-state index in [1.165, 1.54) is 0 Å². The normalized spacial score (nSPS) is 13.3. The van der Waals surface area contributed by atoms with Crippen molar-refractivity contribution in [2.24, 2.45) is 5.73 Å². The van der Waals surface area contributed by atoms with Crippen LogP contribution >= 0.6 is 0 Å². The molecule has 1 heterocycles. The molecule has 1 aromatic heterocycles. The minimum absolute atomic E-state index is 0.0178. The Balaban J connectivity index is 2.24. The molecule has 0 aliphatic rings. The zero-order valence-corrected chi connectivity index (χ0v) is 10.4. The van der Waals surface area contributed by atoms with Gasteiger partial charge in [0.15, 0.2) is 0 Å². The molecule has 0 saturated carbocycles. The Kier molecular flexibility index (Phi) is 5.45. The number of nitrogens with two attached hydrogens (primary N) is 1. The maximum absolute atomic E-state index is 5.82. The minimum Gasteiger partial charge on any atom is -0.378 e. The first kappa shape index (κ1) is 13.2. The van der Waals surface area contributed by atoms with Gasteiger partial charge in [0.05, 0.1) is 25.2 Å². The molecule has 0 amide bonds. The second-order valence-corrected chi connectivity index (χ2v) is 4.22. The van der Waals surface area contributed by atoms with Gasteiger partial charge in [-0.1, -0.05) is 0 Å². The number of likely N-dealkylation sites (N-methyl/N-ethyl adjacent to an activating group) is 1. The Morgan fingerprint density at radius 2 is 2.25 bits per heavy atom. The first-order chi connectivity index (χ1) is 7.61. The van der Waals surface area contributed by atoms with Crippen LogP contribution in [0.25, 0.3) is 0 Å². The van der Waals surface area contributed by atoms with Gasteiger partial charge in [0, 0.05) is 25.3 Å². The smallest absolute Gasteiger partial charge is 0.0949 e. The third kappa shape index (κ3) is 4.30. The lowest BCUT2D eigenvalue weighted by Crippen LogP contribution is -2.20. The molecule has 5 nitrogen and oxygen atoms in total. The molecular weight excluding hydrogens is 204 g/mol. The maximum Gasteiger partial charge on any atom is 0.0949 e. The van der Waals surface area contributed by atoms with Crippen molar-refractivity contribution in [2.75, 3.05) is 33.9 Å². The molecule has 0 aliphatic carbocycles. The topological polar surface area (TPSA) is 56.3 Å². The summed E-state index contributed by atoms with van der Waals surface area (Å²) in [6.07, 6.45) is 3.61. The third-order valence-electron chi connectivity index (χ3n) is 2.37. The Morgan fingerprint density at radius 1 is 1.50 bits per heavy atom. The van der Waals surface area contributed by atoms with E-state index in [0.717, 1.165) is 25.4 Å². The second kappa shape index (κ2) is 6.62. The van der Waals surface area contributed by atoms with Gasteiger partial charge >= 0.3 is 0 Å². The molecule has 0 spiro atoms. The number of nitrogens with zero attached hydrogens (tertiary/aromatic N) is 3. The lowest BCUT2D eigenvalue weighted by Gasteiger charge is -2.12. The fourth-order valence-corrected chi connectivity index (χ4v) is 1.41. The van der Waals surface area contributed by atoms with Crippen molar-refractivity contribution in [3.05, 3.63) is 18.2 Å². The number of imidazole rings is 1. The fraction of sp³-hybridized carbons (Fsp3) is 0.727. The van der Waals surface area contributed by atoms with Gasteiger partial charge in [-0.05, 0) is 21.0 Å². The lowest BCUT2D eigenvalue weighted by molar-refractivity contribution is 0.110. The summed E-state index contributed by atoms with van der Waals surface area (Å²) in [7, 11) is 4.07. The van der Waals surface area contributed by atoms with Crippen molar-refractivity contribution in [3.63, 3.8) is 0 Å². The van der Waals surface area contributed by atoms with Crippen LogP contribution in [-0.2, 0) is 11.3 Å². The second-order valence-electron chi connectivity index (χ2n) is 4.22. The zero-order valence-electron chi connectivity index (χ0n) is 10.4. The number of hydrogen-bond acceptors (Lipinski definition) is 4. The van der Waals surface area contributed by atoms with E-state index in [0.29, 0.717) is 6.61 Å². The molecule has 0 radical (unpaired) electrons. The van der Waals surface area contributed by atoms with E-state index in [1.54, 1.807) is 6.33 Å². The molecule has 1 unspecified atom stereocenters. The summed E-state index contributed by atoms with van der Waals surface area (Å²) >= 11 is 0. The summed E-state index contributed by atoms with van der Waals surface area (Å²) in [5.74, 6) is 0. The van der Waals surface area contributed by atoms with E-state index < -0.39 is 0 Å². The molecule has 5 heteroatoms. The molecule has 0 bridgehead atoms. The Hall–Kier alpha value is -0.910. The Morgan fingerprint density at radius 3 is 2.88 bits per heavy atom. The van der Waals surface area contributed by atoms with Crippen LogP contribution in [0, 0.1) is 0 Å². The van der Waals surface area contributed by atoms with Crippen LogP contribution in [0.3, 0.4) is 0 Å². The Bertz CT molecular complexity index is 296. The van der Waals surface area contributed by atoms with Crippen LogP contribution in [0.4, 0.5) is 0 Å². The van der Waals surface area contributed by atoms with E-state index in [1.807, 2.05) is 31.8 Å². The summed E-state index contributed by atoms with van der Waals surface area (Å²) in [4.78, 5) is 6.19. The van der Waals surface area contributed by atoms with E-state index in [2.05, 4.69) is 9.88 Å². The molecule has 16 heavy (non-hydrogen) atoms. The molecule has 1 atom stereocenters. The third-order valence-corrected chi connectivity index (χ3v) is 2.37. The zero-order chi connectivity index (χ0) is 12.0. The highest BCUT2D eigenvalue weighted by molar-refractivity contribution is 5.02. The molecular formula is C11H22N4O. The highest BCUT2D eigenvalue weighted by Gasteiger charge is 2.05. The standard InChI is InChI=1S/C11H22N4O/c1-10(12)11-8-13-9-15(11)5-7-16-6-4-14(2)3/h8-10H,4-7,12H2,1-3H3. The largest absolute Gasteiger partial charge is 0.378 e. The van der Waals surface area contributed by atoms with Crippen molar-refractivity contribution in [3.8, 4) is 0 Å². The van der Waals surface area contributed by atoms with Crippen molar-refractivity contribution in [2.45, 2.75) is 19.5 Å². The quantitative estimate of drug-likeness (QED) is 0.687. The van der Waals surface area contributed by atoms with Crippen LogP contribution in [0.2, 0.25) is 0 Å². The van der Waals surface area contributed by atoms with Crippen LogP contribution in [0.15, 0.2) is 12.5 Å². The maximum atomic E-state index is 5.82. The van der Waals surface area contributed by atoms with Crippen molar-refractivity contribution >= 4 is 0 Å². The summed E-state index contributed by atoms with van der Waals surface area (Å²) in [5, 5.41) is 0. The number of ether oxygens (including phenoxy) is 1. The van der Waals surface area contributed by atoms with Gasteiger partial charge in [-0.25, -0.2) is 4.98 Å². The van der Waals surface area contributed by atoms with E-state index in [9.17, 15) is 0 Å². The summed E-state index contributed by atoms with van der Waals surface area (Å²) in [5.41, 5.74) is 6.87. The first-order valence-electron chi connectivity index (χ1n) is 5.59. The van der Waals surface area contributed by atoms with Gasteiger partial charge in [0.25, 0.3) is 0 Å². The predicted octanol–water partition coefficient (Wildman–Crippen LogP) is 0.481. The highest BCUT2D eigenvalue weighted by atomic mass is 16.5.